The highest BCUT2D eigenvalue weighted by molar-refractivity contribution is 5.71. The van der Waals surface area contributed by atoms with Crippen molar-refractivity contribution in [1.29, 1.82) is 0 Å². The van der Waals surface area contributed by atoms with Gasteiger partial charge in [-0.05, 0) is 77.0 Å². The molecule has 370 valence electrons. The van der Waals surface area contributed by atoms with Crippen LogP contribution in [0.15, 0.2) is 60.8 Å². The van der Waals surface area contributed by atoms with Gasteiger partial charge < -0.3 is 14.2 Å². The SMILES string of the molecule is CC/C=C\C/C=C\C/C=C\CCCCCCCCCC(=O)OCC(COC(=O)CCCCCCC/C=C\C/C=C\CCC)OC(=O)CCCCCCCCCCCCCCCCCC. The highest BCUT2D eigenvalue weighted by Crippen LogP contribution is 2.16. The van der Waals surface area contributed by atoms with E-state index in [1.54, 1.807) is 0 Å². The Morgan fingerprint density at radius 2 is 0.641 bits per heavy atom. The largest absolute Gasteiger partial charge is 0.462 e. The molecule has 0 radical (unpaired) electrons. The lowest BCUT2D eigenvalue weighted by atomic mass is 10.0. The fourth-order valence-electron chi connectivity index (χ4n) is 7.67. The van der Waals surface area contributed by atoms with Gasteiger partial charge in [-0.2, -0.15) is 0 Å². The van der Waals surface area contributed by atoms with Gasteiger partial charge in [0.05, 0.1) is 0 Å². The summed E-state index contributed by atoms with van der Waals surface area (Å²) in [5.41, 5.74) is 0. The molecular weight excluding hydrogens is 793 g/mol. The minimum Gasteiger partial charge on any atom is -0.462 e. The fourth-order valence-corrected chi connectivity index (χ4v) is 7.67. The Morgan fingerprint density at radius 3 is 1.02 bits per heavy atom. The van der Waals surface area contributed by atoms with Crippen LogP contribution in [0.5, 0.6) is 0 Å². The van der Waals surface area contributed by atoms with E-state index in [0.29, 0.717) is 19.3 Å². The van der Waals surface area contributed by atoms with Gasteiger partial charge >= 0.3 is 17.9 Å². The summed E-state index contributed by atoms with van der Waals surface area (Å²) in [7, 11) is 0. The predicted octanol–water partition coefficient (Wildman–Crippen LogP) is 18.0. The Kier molecular flexibility index (Phi) is 50.4. The van der Waals surface area contributed by atoms with Crippen LogP contribution in [-0.2, 0) is 28.6 Å². The third kappa shape index (κ3) is 50.1. The molecule has 0 aromatic heterocycles. The Hall–Kier alpha value is -2.89. The van der Waals surface area contributed by atoms with Crippen LogP contribution < -0.4 is 0 Å². The molecule has 0 saturated carbocycles. The fraction of sp³-hybridized carbons (Fsp3) is 0.776. The van der Waals surface area contributed by atoms with E-state index in [4.69, 9.17) is 14.2 Å². The molecule has 0 rings (SSSR count). The summed E-state index contributed by atoms with van der Waals surface area (Å²) in [6, 6.07) is 0. The van der Waals surface area contributed by atoms with Gasteiger partial charge in [0.15, 0.2) is 6.10 Å². The van der Waals surface area contributed by atoms with E-state index in [1.165, 1.54) is 122 Å². The molecule has 0 fully saturated rings. The van der Waals surface area contributed by atoms with Crippen molar-refractivity contribution in [3.63, 3.8) is 0 Å². The van der Waals surface area contributed by atoms with Gasteiger partial charge in [0.1, 0.15) is 13.2 Å². The van der Waals surface area contributed by atoms with E-state index in [1.807, 2.05) is 0 Å². The molecule has 0 spiro atoms. The summed E-state index contributed by atoms with van der Waals surface area (Å²) in [4.78, 5) is 38.1. The normalized spacial score (nSPS) is 12.5. The quantitative estimate of drug-likeness (QED) is 0.0262. The Labute approximate surface area is 396 Å². The van der Waals surface area contributed by atoms with Gasteiger partial charge in [0, 0.05) is 19.3 Å². The minimum atomic E-state index is -0.782. The topological polar surface area (TPSA) is 78.9 Å². The van der Waals surface area contributed by atoms with E-state index in [9.17, 15) is 14.4 Å². The standard InChI is InChI=1S/C58H102O6/c1-4-7-10-13-16-19-22-25-27-29-31-33-36-39-42-45-48-51-57(60)63-54-55(53-62-56(59)50-47-44-41-38-35-32-24-21-18-15-12-9-6-3)64-58(61)52-49-46-43-40-37-34-30-28-26-23-20-17-14-11-8-5-2/h7,10,12,15-16,19,21,24-25,27,55H,4-6,8-9,11,13-14,17-18,20,22-23,26,28-54H2,1-3H3/b10-7-,15-12-,19-16-,24-21-,27-25-. The molecule has 0 bridgehead atoms. The zero-order valence-corrected chi connectivity index (χ0v) is 42.3. The number of rotatable bonds is 49. The van der Waals surface area contributed by atoms with E-state index in [0.717, 1.165) is 109 Å². The lowest BCUT2D eigenvalue weighted by molar-refractivity contribution is -0.167. The smallest absolute Gasteiger partial charge is 0.306 e. The molecule has 0 aromatic carbocycles. The van der Waals surface area contributed by atoms with Gasteiger partial charge in [0.2, 0.25) is 0 Å². The second-order valence-electron chi connectivity index (χ2n) is 18.1. The second kappa shape index (κ2) is 52.7. The molecule has 0 aliphatic carbocycles. The number of hydrogen-bond acceptors (Lipinski definition) is 6. The first-order valence-corrected chi connectivity index (χ1v) is 27.3. The van der Waals surface area contributed by atoms with Crippen LogP contribution in [0.2, 0.25) is 0 Å². The van der Waals surface area contributed by atoms with Gasteiger partial charge in [-0.3, -0.25) is 14.4 Å². The molecule has 1 unspecified atom stereocenters. The van der Waals surface area contributed by atoms with E-state index < -0.39 is 6.10 Å². The lowest BCUT2D eigenvalue weighted by Gasteiger charge is -2.18. The van der Waals surface area contributed by atoms with E-state index in [-0.39, 0.29) is 31.1 Å². The maximum atomic E-state index is 12.8. The van der Waals surface area contributed by atoms with Gasteiger partial charge in [-0.15, -0.1) is 0 Å². The molecule has 1 atom stereocenters. The third-order valence-electron chi connectivity index (χ3n) is 11.7. The van der Waals surface area contributed by atoms with Crippen LogP contribution >= 0.6 is 0 Å². The molecule has 6 heteroatoms. The molecule has 0 amide bonds. The van der Waals surface area contributed by atoms with Crippen LogP contribution in [-0.4, -0.2) is 37.2 Å². The molecule has 0 saturated heterocycles. The highest BCUT2D eigenvalue weighted by Gasteiger charge is 2.19. The number of hydrogen-bond donors (Lipinski definition) is 0. The number of carbonyl (C=O) groups excluding carboxylic acids is 3. The van der Waals surface area contributed by atoms with Crippen molar-refractivity contribution in [3.05, 3.63) is 60.8 Å². The van der Waals surface area contributed by atoms with Gasteiger partial charge in [0.25, 0.3) is 0 Å². The molecule has 64 heavy (non-hydrogen) atoms. The number of allylic oxidation sites excluding steroid dienone is 10. The zero-order valence-electron chi connectivity index (χ0n) is 42.3. The van der Waals surface area contributed by atoms with Crippen molar-refractivity contribution >= 4 is 17.9 Å². The molecule has 0 aromatic rings. The highest BCUT2D eigenvalue weighted by atomic mass is 16.6. The summed E-state index contributed by atoms with van der Waals surface area (Å²) < 4.78 is 16.8. The second-order valence-corrected chi connectivity index (χ2v) is 18.1. The first kappa shape index (κ1) is 61.1. The molecule has 0 heterocycles. The van der Waals surface area contributed by atoms with Gasteiger partial charge in [-0.1, -0.05) is 236 Å². The van der Waals surface area contributed by atoms with Crippen molar-refractivity contribution in [3.8, 4) is 0 Å². The monoisotopic (exact) mass is 895 g/mol. The molecule has 0 aliphatic heterocycles. The van der Waals surface area contributed by atoms with Crippen molar-refractivity contribution in [2.45, 2.75) is 277 Å². The van der Waals surface area contributed by atoms with Gasteiger partial charge in [-0.25, -0.2) is 0 Å². The van der Waals surface area contributed by atoms with Crippen molar-refractivity contribution < 1.29 is 28.6 Å². The average molecular weight is 895 g/mol. The summed E-state index contributed by atoms with van der Waals surface area (Å²) in [6.07, 6.45) is 64.9. The number of carbonyl (C=O) groups is 3. The maximum Gasteiger partial charge on any atom is 0.306 e. The van der Waals surface area contributed by atoms with E-state index >= 15 is 0 Å². The van der Waals surface area contributed by atoms with Crippen LogP contribution in [0, 0.1) is 0 Å². The third-order valence-corrected chi connectivity index (χ3v) is 11.7. The van der Waals surface area contributed by atoms with Crippen molar-refractivity contribution in [2.75, 3.05) is 13.2 Å². The van der Waals surface area contributed by atoms with Crippen molar-refractivity contribution in [1.82, 2.24) is 0 Å². The first-order valence-electron chi connectivity index (χ1n) is 27.3. The lowest BCUT2D eigenvalue weighted by Crippen LogP contribution is -2.30. The Bertz CT molecular complexity index is 1170. The minimum absolute atomic E-state index is 0.0820. The summed E-state index contributed by atoms with van der Waals surface area (Å²) in [5, 5.41) is 0. The molecule has 0 N–H and O–H groups in total. The predicted molar refractivity (Wildman–Crippen MR) is 275 cm³/mol. The number of unbranched alkanes of at least 4 members (excludes halogenated alkanes) is 28. The number of esters is 3. The molecular formula is C58H102O6. The van der Waals surface area contributed by atoms with Crippen LogP contribution in [0.4, 0.5) is 0 Å². The first-order chi connectivity index (χ1) is 31.5. The van der Waals surface area contributed by atoms with Crippen LogP contribution in [0.1, 0.15) is 271 Å². The maximum absolute atomic E-state index is 12.8. The zero-order chi connectivity index (χ0) is 46.5. The van der Waals surface area contributed by atoms with Crippen molar-refractivity contribution in [2.24, 2.45) is 0 Å². The molecule has 6 nitrogen and oxygen atoms in total. The Balaban J connectivity index is 4.38. The summed E-state index contributed by atoms with van der Waals surface area (Å²) in [5.74, 6) is -0.896. The average Bonchev–Trinajstić information content (AvgIpc) is 3.29. The summed E-state index contributed by atoms with van der Waals surface area (Å²) in [6.45, 7) is 6.47. The number of ether oxygens (including phenoxy) is 3. The Morgan fingerprint density at radius 1 is 0.328 bits per heavy atom. The summed E-state index contributed by atoms with van der Waals surface area (Å²) >= 11 is 0. The molecule has 0 aliphatic rings. The van der Waals surface area contributed by atoms with E-state index in [2.05, 4.69) is 81.5 Å². The van der Waals surface area contributed by atoms with Crippen LogP contribution in [0.3, 0.4) is 0 Å². The van der Waals surface area contributed by atoms with Crippen LogP contribution in [0.25, 0.3) is 0 Å².